The maximum Gasteiger partial charge on any atom is 0.305 e. The molecule has 1 aromatic rings. The number of carbonyl (C=O) groups excluding carboxylic acids is 1. The lowest BCUT2D eigenvalue weighted by atomic mass is 10.0. The largest absolute Gasteiger partial charge is 0.481 e. The second-order valence-corrected chi connectivity index (χ2v) is 6.49. The molecule has 132 valence electrons. The monoisotopic (exact) mass is 333 g/mol. The van der Waals surface area contributed by atoms with Crippen LogP contribution in [0.1, 0.15) is 43.7 Å². The summed E-state index contributed by atoms with van der Waals surface area (Å²) in [5.74, 6) is -0.906. The van der Waals surface area contributed by atoms with E-state index in [0.717, 1.165) is 12.0 Å². The fraction of sp³-hybridized carbons (Fsp3) is 0.579. The number of benzene rings is 1. The second-order valence-electron chi connectivity index (χ2n) is 6.49. The molecule has 0 spiro atoms. The number of nitrogens with zero attached hydrogens (tertiary/aromatic N) is 1. The standard InChI is InChI=1S/C19H27NO4/c1-3-4-5-14-6-8-15(9-7-14)10-18(21)20-13-17(24-2)11-16(20)12-19(22)23/h6-9,16-17H,3-5,10-13H2,1-2H3,(H,22,23). The minimum absolute atomic E-state index is 0.0258. The lowest BCUT2D eigenvalue weighted by molar-refractivity contribution is -0.139. The maximum absolute atomic E-state index is 12.6. The summed E-state index contributed by atoms with van der Waals surface area (Å²) >= 11 is 0. The highest BCUT2D eigenvalue weighted by Crippen LogP contribution is 2.23. The second kappa shape index (κ2) is 8.83. The third kappa shape index (κ3) is 5.06. The number of carboxylic acid groups (broad SMARTS) is 1. The summed E-state index contributed by atoms with van der Waals surface area (Å²) in [7, 11) is 1.60. The van der Waals surface area contributed by atoms with Crippen LogP contribution in [0.15, 0.2) is 24.3 Å². The van der Waals surface area contributed by atoms with Crippen LogP contribution in [-0.2, 0) is 27.2 Å². The number of amides is 1. The molecule has 1 aliphatic rings. The molecule has 0 radical (unpaired) electrons. The Bertz CT molecular complexity index is 555. The topological polar surface area (TPSA) is 66.8 Å². The molecule has 5 heteroatoms. The SMILES string of the molecule is CCCCc1ccc(CC(=O)N2CC(OC)CC2CC(=O)O)cc1. The smallest absolute Gasteiger partial charge is 0.305 e. The Morgan fingerprint density at radius 1 is 1.25 bits per heavy atom. The molecule has 2 atom stereocenters. The molecule has 1 aliphatic heterocycles. The van der Waals surface area contributed by atoms with Crippen LogP contribution in [0.25, 0.3) is 0 Å². The summed E-state index contributed by atoms with van der Waals surface area (Å²) in [6.45, 7) is 2.64. The molecule has 1 heterocycles. The number of hydrogen-bond acceptors (Lipinski definition) is 3. The molecule has 2 rings (SSSR count). The van der Waals surface area contributed by atoms with Crippen molar-refractivity contribution in [3.63, 3.8) is 0 Å². The van der Waals surface area contributed by atoms with Crippen molar-refractivity contribution in [3.8, 4) is 0 Å². The van der Waals surface area contributed by atoms with Gasteiger partial charge in [-0.1, -0.05) is 37.6 Å². The third-order valence-corrected chi connectivity index (χ3v) is 4.64. The van der Waals surface area contributed by atoms with Crippen LogP contribution in [0, 0.1) is 0 Å². The Balaban J connectivity index is 1.97. The predicted molar refractivity (Wildman–Crippen MR) is 91.9 cm³/mol. The van der Waals surface area contributed by atoms with Gasteiger partial charge in [-0.2, -0.15) is 0 Å². The van der Waals surface area contributed by atoms with Crippen LogP contribution < -0.4 is 0 Å². The lowest BCUT2D eigenvalue weighted by Gasteiger charge is -2.23. The zero-order valence-electron chi connectivity index (χ0n) is 14.5. The molecule has 1 N–H and O–H groups in total. The number of methoxy groups -OCH3 is 1. The van der Waals surface area contributed by atoms with Crippen LogP contribution in [-0.4, -0.2) is 47.7 Å². The summed E-state index contributed by atoms with van der Waals surface area (Å²) in [5.41, 5.74) is 2.26. The number of ether oxygens (including phenoxy) is 1. The number of hydrogen-bond donors (Lipinski definition) is 1. The molecular weight excluding hydrogens is 306 g/mol. The highest BCUT2D eigenvalue weighted by atomic mass is 16.5. The van der Waals surface area contributed by atoms with Gasteiger partial charge in [0.2, 0.25) is 5.91 Å². The Morgan fingerprint density at radius 3 is 2.50 bits per heavy atom. The Hall–Kier alpha value is -1.88. The van der Waals surface area contributed by atoms with E-state index in [2.05, 4.69) is 19.1 Å². The van der Waals surface area contributed by atoms with E-state index in [0.29, 0.717) is 19.4 Å². The quantitative estimate of drug-likeness (QED) is 0.794. The fourth-order valence-corrected chi connectivity index (χ4v) is 3.23. The number of rotatable bonds is 8. The molecule has 1 saturated heterocycles. The van der Waals surface area contributed by atoms with Crippen molar-refractivity contribution in [2.45, 2.75) is 57.6 Å². The zero-order valence-corrected chi connectivity index (χ0v) is 14.5. The number of aliphatic carboxylic acids is 1. The first-order chi connectivity index (χ1) is 11.5. The molecule has 24 heavy (non-hydrogen) atoms. The molecule has 0 aliphatic carbocycles. The van der Waals surface area contributed by atoms with Crippen LogP contribution >= 0.6 is 0 Å². The molecule has 0 aromatic heterocycles. The van der Waals surface area contributed by atoms with Gasteiger partial charge in [-0.15, -0.1) is 0 Å². The van der Waals surface area contributed by atoms with Gasteiger partial charge in [0.25, 0.3) is 0 Å². The molecular formula is C19H27NO4. The molecule has 5 nitrogen and oxygen atoms in total. The molecule has 0 bridgehead atoms. The Morgan fingerprint density at radius 2 is 1.92 bits per heavy atom. The van der Waals surface area contributed by atoms with Gasteiger partial charge >= 0.3 is 5.97 Å². The van der Waals surface area contributed by atoms with Gasteiger partial charge in [0.15, 0.2) is 0 Å². The van der Waals surface area contributed by atoms with E-state index in [4.69, 9.17) is 9.84 Å². The average molecular weight is 333 g/mol. The van der Waals surface area contributed by atoms with E-state index in [-0.39, 0.29) is 24.5 Å². The van der Waals surface area contributed by atoms with Crippen molar-refractivity contribution in [1.29, 1.82) is 0 Å². The Labute approximate surface area is 143 Å². The van der Waals surface area contributed by atoms with Gasteiger partial charge in [0, 0.05) is 19.7 Å². The fourth-order valence-electron chi connectivity index (χ4n) is 3.23. The summed E-state index contributed by atoms with van der Waals surface area (Å²) < 4.78 is 5.32. The van der Waals surface area contributed by atoms with Gasteiger partial charge in [0.05, 0.1) is 18.9 Å². The number of aryl methyl sites for hydroxylation is 1. The van der Waals surface area contributed by atoms with Crippen molar-refractivity contribution in [3.05, 3.63) is 35.4 Å². The van der Waals surface area contributed by atoms with Crippen molar-refractivity contribution < 1.29 is 19.4 Å². The summed E-state index contributed by atoms with van der Waals surface area (Å²) in [4.78, 5) is 25.3. The summed E-state index contributed by atoms with van der Waals surface area (Å²) in [6, 6.07) is 7.88. The lowest BCUT2D eigenvalue weighted by Crippen LogP contribution is -2.38. The molecule has 1 aromatic carbocycles. The first kappa shape index (κ1) is 18.5. The van der Waals surface area contributed by atoms with E-state index < -0.39 is 5.97 Å². The molecule has 2 unspecified atom stereocenters. The van der Waals surface area contributed by atoms with Crippen molar-refractivity contribution in [1.82, 2.24) is 4.90 Å². The first-order valence-corrected chi connectivity index (χ1v) is 8.65. The normalized spacial score (nSPS) is 20.3. The van der Waals surface area contributed by atoms with E-state index in [1.165, 1.54) is 18.4 Å². The van der Waals surface area contributed by atoms with Gasteiger partial charge < -0.3 is 14.7 Å². The van der Waals surface area contributed by atoms with Crippen LogP contribution in [0.4, 0.5) is 0 Å². The molecule has 1 fully saturated rings. The van der Waals surface area contributed by atoms with Crippen molar-refractivity contribution in [2.24, 2.45) is 0 Å². The minimum atomic E-state index is -0.880. The minimum Gasteiger partial charge on any atom is -0.481 e. The average Bonchev–Trinajstić information content (AvgIpc) is 2.96. The maximum atomic E-state index is 12.6. The summed E-state index contributed by atoms with van der Waals surface area (Å²) in [5, 5.41) is 9.04. The predicted octanol–water partition coefficient (Wildman–Crippen LogP) is 2.66. The van der Waals surface area contributed by atoms with Crippen LogP contribution in [0.3, 0.4) is 0 Å². The zero-order chi connectivity index (χ0) is 17.5. The van der Waals surface area contributed by atoms with E-state index >= 15 is 0 Å². The number of carboxylic acids is 1. The van der Waals surface area contributed by atoms with Gasteiger partial charge in [0.1, 0.15) is 0 Å². The van der Waals surface area contributed by atoms with E-state index in [9.17, 15) is 9.59 Å². The van der Waals surface area contributed by atoms with Gasteiger partial charge in [-0.05, 0) is 30.4 Å². The van der Waals surface area contributed by atoms with E-state index in [1.54, 1.807) is 12.0 Å². The Kier molecular flexibility index (Phi) is 6.79. The molecule has 0 saturated carbocycles. The van der Waals surface area contributed by atoms with Crippen LogP contribution in [0.2, 0.25) is 0 Å². The van der Waals surface area contributed by atoms with Gasteiger partial charge in [-0.3, -0.25) is 9.59 Å². The number of carbonyl (C=O) groups is 2. The van der Waals surface area contributed by atoms with Crippen LogP contribution in [0.5, 0.6) is 0 Å². The van der Waals surface area contributed by atoms with Gasteiger partial charge in [-0.25, -0.2) is 0 Å². The number of likely N-dealkylation sites (tertiary alicyclic amines) is 1. The number of unbranched alkanes of at least 4 members (excludes halogenated alkanes) is 1. The molecule has 1 amide bonds. The summed E-state index contributed by atoms with van der Waals surface area (Å²) in [6.07, 6.45) is 4.19. The third-order valence-electron chi connectivity index (χ3n) is 4.64. The van der Waals surface area contributed by atoms with Crippen molar-refractivity contribution in [2.75, 3.05) is 13.7 Å². The highest BCUT2D eigenvalue weighted by Gasteiger charge is 2.36. The van der Waals surface area contributed by atoms with Crippen molar-refractivity contribution >= 4 is 11.9 Å². The van der Waals surface area contributed by atoms with E-state index in [1.807, 2.05) is 12.1 Å². The highest BCUT2D eigenvalue weighted by molar-refractivity contribution is 5.80. The first-order valence-electron chi connectivity index (χ1n) is 8.65.